The van der Waals surface area contributed by atoms with E-state index in [2.05, 4.69) is 0 Å². The highest BCUT2D eigenvalue weighted by molar-refractivity contribution is 8.10. The van der Waals surface area contributed by atoms with E-state index >= 15 is 4.39 Å². The first-order valence-electron chi connectivity index (χ1n) is 9.29. The zero-order valence-corrected chi connectivity index (χ0v) is 18.8. The van der Waals surface area contributed by atoms with Gasteiger partial charge in [0.25, 0.3) is 0 Å². The quantitative estimate of drug-likeness (QED) is 0.527. The van der Waals surface area contributed by atoms with Gasteiger partial charge >= 0.3 is 4.33 Å². The number of alkyl halides is 1. The van der Waals surface area contributed by atoms with Crippen LogP contribution in [0.3, 0.4) is 0 Å². The van der Waals surface area contributed by atoms with Crippen LogP contribution in [0.5, 0.6) is 11.5 Å². The van der Waals surface area contributed by atoms with E-state index in [0.29, 0.717) is 0 Å². The van der Waals surface area contributed by atoms with Crippen molar-refractivity contribution in [2.75, 3.05) is 14.2 Å². The Morgan fingerprint density at radius 3 is 1.66 bits per heavy atom. The van der Waals surface area contributed by atoms with E-state index in [1.54, 1.807) is 0 Å². The van der Waals surface area contributed by atoms with Crippen molar-refractivity contribution in [3.63, 3.8) is 0 Å². The number of aliphatic hydroxyl groups is 1. The second kappa shape index (κ2) is 8.89. The summed E-state index contributed by atoms with van der Waals surface area (Å²) in [7, 11) is -8.07. The van der Waals surface area contributed by atoms with Gasteiger partial charge in [0, 0.05) is 5.56 Å². The number of aliphatic hydroxyl groups excluding tert-OH is 1. The van der Waals surface area contributed by atoms with Crippen molar-refractivity contribution >= 4 is 19.7 Å². The highest BCUT2D eigenvalue weighted by atomic mass is 32.3. The third kappa shape index (κ3) is 3.74. The number of methoxy groups -OCH3 is 2. The van der Waals surface area contributed by atoms with Gasteiger partial charge in [0.1, 0.15) is 17.6 Å². The topological polar surface area (TPSA) is 107 Å². The fourth-order valence-electron chi connectivity index (χ4n) is 3.20. The van der Waals surface area contributed by atoms with Crippen molar-refractivity contribution < 1.29 is 35.8 Å². The highest BCUT2D eigenvalue weighted by Gasteiger charge is 2.63. The molecule has 0 aromatic heterocycles. The predicted molar refractivity (Wildman–Crippen MR) is 116 cm³/mol. The van der Waals surface area contributed by atoms with Crippen LogP contribution < -0.4 is 9.47 Å². The van der Waals surface area contributed by atoms with Gasteiger partial charge in [-0.15, -0.1) is 0 Å². The van der Waals surface area contributed by atoms with Crippen LogP contribution in [0.2, 0.25) is 0 Å². The lowest BCUT2D eigenvalue weighted by atomic mass is 10.1. The number of hydrogen-bond acceptors (Lipinski definition) is 7. The van der Waals surface area contributed by atoms with Gasteiger partial charge in [-0.05, 0) is 42.5 Å². The lowest BCUT2D eigenvalue weighted by molar-refractivity contribution is 0.0917. The number of halogens is 1. The lowest BCUT2D eigenvalue weighted by Crippen LogP contribution is -2.47. The molecule has 0 heterocycles. The Morgan fingerprint density at radius 2 is 1.25 bits per heavy atom. The summed E-state index contributed by atoms with van der Waals surface area (Å²) < 4.78 is 76.7. The summed E-state index contributed by atoms with van der Waals surface area (Å²) in [5.74, 6) is 0.0169. The molecule has 0 amide bonds. The highest BCUT2D eigenvalue weighted by Crippen LogP contribution is 2.48. The van der Waals surface area contributed by atoms with E-state index in [9.17, 15) is 21.9 Å². The number of benzene rings is 3. The van der Waals surface area contributed by atoms with E-state index in [1.807, 2.05) is 0 Å². The third-order valence-corrected chi connectivity index (χ3v) is 9.91. The largest absolute Gasteiger partial charge is 0.497 e. The molecule has 1 atom stereocenters. The first-order chi connectivity index (χ1) is 15.1. The zero-order chi connectivity index (χ0) is 23.6. The molecule has 3 rings (SSSR count). The third-order valence-electron chi connectivity index (χ3n) is 4.90. The van der Waals surface area contributed by atoms with Crippen LogP contribution in [0.1, 0.15) is 11.7 Å². The molecule has 10 heteroatoms. The molecule has 0 spiro atoms. The Labute approximate surface area is 185 Å². The molecule has 0 aliphatic heterocycles. The minimum Gasteiger partial charge on any atom is -0.497 e. The van der Waals surface area contributed by atoms with Crippen LogP contribution in [0, 0.1) is 0 Å². The second-order valence-corrected chi connectivity index (χ2v) is 11.1. The summed E-state index contributed by atoms with van der Waals surface area (Å²) in [6.45, 7) is 0. The van der Waals surface area contributed by atoms with Crippen LogP contribution in [-0.2, 0) is 19.7 Å². The Hall–Kier alpha value is -2.95. The molecule has 3 aromatic carbocycles. The van der Waals surface area contributed by atoms with Crippen molar-refractivity contribution in [3.8, 4) is 11.5 Å². The van der Waals surface area contributed by atoms with E-state index < -0.39 is 45.5 Å². The minimum absolute atomic E-state index is 0.119. The summed E-state index contributed by atoms with van der Waals surface area (Å²) in [4.78, 5) is -1.22. The van der Waals surface area contributed by atoms with Crippen molar-refractivity contribution in [2.45, 2.75) is 20.2 Å². The average Bonchev–Trinajstić information content (AvgIpc) is 2.83. The molecule has 0 bridgehead atoms. The van der Waals surface area contributed by atoms with Crippen LogP contribution in [0.4, 0.5) is 4.39 Å². The smallest absolute Gasteiger partial charge is 0.347 e. The fourth-order valence-corrected chi connectivity index (χ4v) is 7.45. The van der Waals surface area contributed by atoms with E-state index in [-0.39, 0.29) is 11.5 Å². The Kier molecular flexibility index (Phi) is 6.59. The summed E-state index contributed by atoms with van der Waals surface area (Å²) in [5.41, 5.74) is -0.409. The van der Waals surface area contributed by atoms with Gasteiger partial charge in [-0.25, -0.2) is 21.2 Å². The first kappa shape index (κ1) is 23.7. The molecule has 3 aromatic rings. The Balaban J connectivity index is 2.37. The first-order valence-corrected chi connectivity index (χ1v) is 12.3. The van der Waals surface area contributed by atoms with E-state index in [1.165, 1.54) is 62.8 Å². The summed E-state index contributed by atoms with van der Waals surface area (Å²) in [5, 5.41) is 11.1. The second-order valence-electron chi connectivity index (χ2n) is 6.73. The van der Waals surface area contributed by atoms with Crippen LogP contribution in [0.25, 0.3) is 0 Å². The van der Waals surface area contributed by atoms with Crippen LogP contribution in [-0.4, -0.2) is 40.5 Å². The average molecular weight is 481 g/mol. The molecule has 0 radical (unpaired) electrons. The lowest BCUT2D eigenvalue weighted by Gasteiger charge is -2.31. The molecule has 0 fully saturated rings. The van der Waals surface area contributed by atoms with Crippen molar-refractivity contribution in [2.24, 2.45) is 0 Å². The standard InChI is InChI=1S/C22H21FO7S2/c1-29-16-13-14-20(30-2)19(15-16)21(24)22(23,31(25,26)17-9-5-3-6-10-17)32(27,28)18-11-7-4-8-12-18/h3-15,21,24H,1-2H3. The van der Waals surface area contributed by atoms with Crippen LogP contribution in [0.15, 0.2) is 88.7 Å². The monoisotopic (exact) mass is 480 g/mol. The van der Waals surface area contributed by atoms with E-state index in [0.717, 1.165) is 30.3 Å². The summed E-state index contributed by atoms with van der Waals surface area (Å²) in [6.07, 6.45) is -2.68. The van der Waals surface area contributed by atoms with Crippen molar-refractivity contribution in [1.29, 1.82) is 0 Å². The minimum atomic E-state index is -5.30. The number of ether oxygens (including phenoxy) is 2. The normalized spacial score (nSPS) is 13.4. The van der Waals surface area contributed by atoms with Crippen molar-refractivity contribution in [1.82, 2.24) is 0 Å². The molecule has 32 heavy (non-hydrogen) atoms. The Morgan fingerprint density at radius 1 is 0.781 bits per heavy atom. The number of hydrogen-bond donors (Lipinski definition) is 1. The molecule has 7 nitrogen and oxygen atoms in total. The van der Waals surface area contributed by atoms with Crippen molar-refractivity contribution in [3.05, 3.63) is 84.4 Å². The maximum absolute atomic E-state index is 16.8. The van der Waals surface area contributed by atoms with Gasteiger partial charge in [-0.2, -0.15) is 0 Å². The maximum atomic E-state index is 16.8. The van der Waals surface area contributed by atoms with Gasteiger partial charge in [0.2, 0.25) is 19.7 Å². The fraction of sp³-hybridized carbons (Fsp3) is 0.182. The SMILES string of the molecule is COc1ccc(OC)c(C(O)C(F)(S(=O)(=O)c2ccccc2)S(=O)(=O)c2ccccc2)c1. The molecular formula is C22H21FO7S2. The number of sulfone groups is 2. The molecule has 0 saturated carbocycles. The molecule has 1 N–H and O–H groups in total. The van der Waals surface area contributed by atoms with Gasteiger partial charge in [0.15, 0.2) is 0 Å². The zero-order valence-electron chi connectivity index (χ0n) is 17.2. The molecule has 0 aliphatic carbocycles. The van der Waals surface area contributed by atoms with Gasteiger partial charge < -0.3 is 14.6 Å². The van der Waals surface area contributed by atoms with Gasteiger partial charge in [-0.3, -0.25) is 0 Å². The molecule has 170 valence electrons. The predicted octanol–water partition coefficient (Wildman–Crippen LogP) is 3.31. The molecule has 0 saturated heterocycles. The molecule has 1 unspecified atom stereocenters. The van der Waals surface area contributed by atoms with Gasteiger partial charge in [-0.1, -0.05) is 36.4 Å². The summed E-state index contributed by atoms with van der Waals surface area (Å²) >= 11 is 0. The molecular weight excluding hydrogens is 459 g/mol. The maximum Gasteiger partial charge on any atom is 0.347 e. The number of rotatable bonds is 8. The van der Waals surface area contributed by atoms with E-state index in [4.69, 9.17) is 9.47 Å². The Bertz CT molecular complexity index is 1220. The summed E-state index contributed by atoms with van der Waals surface area (Å²) in [6, 6.07) is 16.4. The van der Waals surface area contributed by atoms with Crippen LogP contribution >= 0.6 is 0 Å². The van der Waals surface area contributed by atoms with Gasteiger partial charge in [0.05, 0.1) is 24.0 Å². The molecule has 0 aliphatic rings.